The summed E-state index contributed by atoms with van der Waals surface area (Å²) in [7, 11) is 0. The van der Waals surface area contributed by atoms with Gasteiger partial charge in [-0.1, -0.05) is 143 Å². The van der Waals surface area contributed by atoms with Crippen LogP contribution in [0.3, 0.4) is 0 Å². The molecule has 0 aromatic rings. The van der Waals surface area contributed by atoms with Crippen LogP contribution in [0.1, 0.15) is 182 Å². The van der Waals surface area contributed by atoms with E-state index in [1.54, 1.807) is 0 Å². The van der Waals surface area contributed by atoms with Gasteiger partial charge >= 0.3 is 0 Å². The van der Waals surface area contributed by atoms with E-state index in [1.807, 2.05) is 0 Å². The number of hydrogen-bond acceptors (Lipinski definition) is 2. The molecule has 4 atom stereocenters. The summed E-state index contributed by atoms with van der Waals surface area (Å²) in [4.78, 5) is 0. The molecular formula is C34H66O2S2. The molecule has 0 fully saturated rings. The third-order valence-electron chi connectivity index (χ3n) is 8.94. The number of aliphatic hydroxyl groups is 2. The Kier molecular flexibility index (Phi) is 26.8. The standard InChI is InChI=1S/C34H66O2S2/c1-5-9-19-29(7-3)21-13-11-15-23-31(27-33(35)37)25-17-18-26-32(28-34(36)38)24-16-12-14-22-30(8-4)20-10-6-2/h29-32H,5-28H2,1-4H3,(H,35,37)(H,36,38). The molecular weight excluding hydrogens is 505 g/mol. The lowest BCUT2D eigenvalue weighted by Gasteiger charge is -2.19. The van der Waals surface area contributed by atoms with Crippen LogP contribution in [0.5, 0.6) is 0 Å². The van der Waals surface area contributed by atoms with E-state index in [-0.39, 0.29) is 10.1 Å². The predicted molar refractivity (Wildman–Crippen MR) is 178 cm³/mol. The molecule has 0 aliphatic rings. The lowest BCUT2D eigenvalue weighted by Crippen LogP contribution is -2.09. The van der Waals surface area contributed by atoms with E-state index < -0.39 is 0 Å². The van der Waals surface area contributed by atoms with Gasteiger partial charge in [0.25, 0.3) is 0 Å². The molecule has 0 bridgehead atoms. The van der Waals surface area contributed by atoms with Gasteiger partial charge in [-0.2, -0.15) is 0 Å². The van der Waals surface area contributed by atoms with E-state index in [0.717, 1.165) is 24.7 Å². The smallest absolute Gasteiger partial charge is 0.156 e. The van der Waals surface area contributed by atoms with E-state index in [0.29, 0.717) is 24.7 Å². The summed E-state index contributed by atoms with van der Waals surface area (Å²) >= 11 is 10.1. The van der Waals surface area contributed by atoms with E-state index in [9.17, 15) is 10.2 Å². The number of aliphatic hydroxyl groups excluding tert-OH is 2. The molecule has 0 aromatic heterocycles. The third-order valence-corrected chi connectivity index (χ3v) is 9.27. The minimum absolute atomic E-state index is 0.184. The highest BCUT2D eigenvalue weighted by Crippen LogP contribution is 2.27. The molecule has 0 saturated heterocycles. The Morgan fingerprint density at radius 1 is 0.421 bits per heavy atom. The molecule has 0 amide bonds. The highest BCUT2D eigenvalue weighted by atomic mass is 32.1. The van der Waals surface area contributed by atoms with Crippen LogP contribution in [0.4, 0.5) is 0 Å². The Bertz CT molecular complexity index is 503. The zero-order chi connectivity index (χ0) is 28.4. The molecule has 2 nitrogen and oxygen atoms in total. The number of thiocarbonyl (C=S) groups is 2. The monoisotopic (exact) mass is 570 g/mol. The Morgan fingerprint density at radius 3 is 0.947 bits per heavy atom. The van der Waals surface area contributed by atoms with Crippen LogP contribution < -0.4 is 0 Å². The average molecular weight is 571 g/mol. The first-order chi connectivity index (χ1) is 18.4. The van der Waals surface area contributed by atoms with Crippen LogP contribution in [-0.4, -0.2) is 20.3 Å². The lowest BCUT2D eigenvalue weighted by atomic mass is 9.88. The van der Waals surface area contributed by atoms with Gasteiger partial charge in [0, 0.05) is 12.8 Å². The lowest BCUT2D eigenvalue weighted by molar-refractivity contribution is 0.356. The van der Waals surface area contributed by atoms with Crippen molar-refractivity contribution in [3.8, 4) is 0 Å². The van der Waals surface area contributed by atoms with Gasteiger partial charge in [-0.05, 0) is 73.8 Å². The topological polar surface area (TPSA) is 40.5 Å². The zero-order valence-electron chi connectivity index (χ0n) is 26.0. The molecule has 2 N–H and O–H groups in total. The molecule has 0 saturated carbocycles. The first-order valence-electron chi connectivity index (χ1n) is 16.8. The fraction of sp³-hybridized carbons (Fsp3) is 0.941. The Morgan fingerprint density at radius 2 is 0.684 bits per heavy atom. The third kappa shape index (κ3) is 23.6. The number of rotatable bonds is 29. The molecule has 38 heavy (non-hydrogen) atoms. The van der Waals surface area contributed by atoms with Crippen molar-refractivity contribution in [2.75, 3.05) is 0 Å². The summed E-state index contributed by atoms with van der Waals surface area (Å²) in [6.45, 7) is 9.26. The van der Waals surface area contributed by atoms with Crippen molar-refractivity contribution in [2.45, 2.75) is 182 Å². The van der Waals surface area contributed by atoms with Gasteiger partial charge in [0.05, 0.1) is 0 Å². The van der Waals surface area contributed by atoms with Gasteiger partial charge in [-0.3, -0.25) is 0 Å². The van der Waals surface area contributed by atoms with Crippen LogP contribution in [-0.2, 0) is 0 Å². The molecule has 0 aliphatic carbocycles. The summed E-state index contributed by atoms with van der Waals surface area (Å²) in [5.74, 6) is 2.86. The van der Waals surface area contributed by atoms with Crippen LogP contribution in [0.15, 0.2) is 0 Å². The quantitative estimate of drug-likeness (QED) is 0.0693. The summed E-state index contributed by atoms with van der Waals surface area (Å²) < 4.78 is 0. The Balaban J connectivity index is 4.27. The van der Waals surface area contributed by atoms with Crippen molar-refractivity contribution in [2.24, 2.45) is 23.7 Å². The summed E-state index contributed by atoms with van der Waals surface area (Å²) in [5.41, 5.74) is 0. The minimum atomic E-state index is 0.184. The van der Waals surface area contributed by atoms with E-state index in [4.69, 9.17) is 24.4 Å². The average Bonchev–Trinajstić information content (AvgIpc) is 2.88. The number of unbranched alkanes of at least 4 members (excludes halogenated alkanes) is 7. The van der Waals surface area contributed by atoms with Crippen LogP contribution in [0.25, 0.3) is 0 Å². The first kappa shape index (κ1) is 37.8. The SMILES string of the molecule is CCCCC(CC)CCCCCC(CCCCC(CCCCCC(CC)CCCC)CC(O)=S)CC(O)=S. The maximum atomic E-state index is 9.78. The Hall–Kier alpha value is -0.220. The van der Waals surface area contributed by atoms with Crippen molar-refractivity contribution in [3.63, 3.8) is 0 Å². The van der Waals surface area contributed by atoms with Gasteiger partial charge in [0.1, 0.15) is 0 Å². The molecule has 0 spiro atoms. The minimum Gasteiger partial charge on any atom is -0.502 e. The van der Waals surface area contributed by atoms with Crippen molar-refractivity contribution >= 4 is 34.5 Å². The number of hydrogen-bond donors (Lipinski definition) is 2. The second-order valence-corrected chi connectivity index (χ2v) is 13.3. The van der Waals surface area contributed by atoms with Crippen molar-refractivity contribution in [1.82, 2.24) is 0 Å². The van der Waals surface area contributed by atoms with Crippen LogP contribution in [0, 0.1) is 23.7 Å². The van der Waals surface area contributed by atoms with Gasteiger partial charge in [0.15, 0.2) is 10.1 Å². The largest absolute Gasteiger partial charge is 0.502 e. The van der Waals surface area contributed by atoms with Crippen LogP contribution in [0.2, 0.25) is 0 Å². The molecule has 0 rings (SSSR count). The summed E-state index contributed by atoms with van der Waals surface area (Å²) in [5, 5.41) is 19.9. The summed E-state index contributed by atoms with van der Waals surface area (Å²) in [6.07, 6.45) is 29.8. The second-order valence-electron chi connectivity index (χ2n) is 12.3. The molecule has 226 valence electrons. The molecule has 0 radical (unpaired) electrons. The normalized spacial score (nSPS) is 14.7. The Labute approximate surface area is 249 Å². The van der Waals surface area contributed by atoms with E-state index >= 15 is 0 Å². The van der Waals surface area contributed by atoms with Crippen molar-refractivity contribution in [3.05, 3.63) is 0 Å². The maximum Gasteiger partial charge on any atom is 0.156 e. The van der Waals surface area contributed by atoms with Gasteiger partial charge in [-0.25, -0.2) is 0 Å². The fourth-order valence-corrected chi connectivity index (χ4v) is 6.70. The molecule has 0 aliphatic heterocycles. The summed E-state index contributed by atoms with van der Waals surface area (Å²) in [6, 6.07) is 0. The van der Waals surface area contributed by atoms with Crippen molar-refractivity contribution in [1.29, 1.82) is 0 Å². The van der Waals surface area contributed by atoms with Crippen LogP contribution >= 0.6 is 24.4 Å². The van der Waals surface area contributed by atoms with E-state index in [2.05, 4.69) is 27.7 Å². The molecule has 4 heteroatoms. The van der Waals surface area contributed by atoms with Gasteiger partial charge in [-0.15, -0.1) is 0 Å². The molecule has 0 heterocycles. The maximum absolute atomic E-state index is 9.78. The molecule has 0 aromatic carbocycles. The highest BCUT2D eigenvalue weighted by Gasteiger charge is 2.15. The second kappa shape index (κ2) is 27.0. The first-order valence-corrected chi connectivity index (χ1v) is 17.6. The van der Waals surface area contributed by atoms with E-state index in [1.165, 1.54) is 128 Å². The van der Waals surface area contributed by atoms with Crippen molar-refractivity contribution < 1.29 is 10.2 Å². The fourth-order valence-electron chi connectivity index (χ4n) is 6.23. The molecule has 4 unspecified atom stereocenters. The predicted octanol–water partition coefficient (Wildman–Crippen LogP) is 12.7. The van der Waals surface area contributed by atoms with Gasteiger partial charge in [0.2, 0.25) is 0 Å². The highest BCUT2D eigenvalue weighted by molar-refractivity contribution is 7.80. The van der Waals surface area contributed by atoms with Gasteiger partial charge < -0.3 is 10.2 Å². The zero-order valence-corrected chi connectivity index (χ0v) is 27.6.